The van der Waals surface area contributed by atoms with Crippen LogP contribution < -0.4 is 16.1 Å². The maximum atomic E-state index is 9.51. The van der Waals surface area contributed by atoms with E-state index in [0.717, 1.165) is 52.7 Å². The molecule has 0 saturated carbocycles. The molecule has 0 fully saturated rings. The van der Waals surface area contributed by atoms with Crippen LogP contribution in [0.5, 0.6) is 5.75 Å². The largest absolute Gasteiger partial charge is 0.508 e. The Bertz CT molecular complexity index is 1400. The van der Waals surface area contributed by atoms with Gasteiger partial charge in [-0.3, -0.25) is 21.3 Å². The Morgan fingerprint density at radius 1 is 0.974 bits per heavy atom. The van der Waals surface area contributed by atoms with Crippen LogP contribution in [0, 0.1) is 24.7 Å². The molecule has 38 heavy (non-hydrogen) atoms. The zero-order chi connectivity index (χ0) is 27.2. The number of phenolic OH excluding ortho intramolecular Hbond substituents is 1. The first-order valence-electron chi connectivity index (χ1n) is 13.0. The lowest BCUT2D eigenvalue weighted by atomic mass is 10.0. The van der Waals surface area contributed by atoms with Gasteiger partial charge in [0.1, 0.15) is 5.75 Å². The van der Waals surface area contributed by atoms with Crippen LogP contribution in [0.15, 0.2) is 66.7 Å². The van der Waals surface area contributed by atoms with Gasteiger partial charge in [0.05, 0.1) is 11.4 Å². The van der Waals surface area contributed by atoms with E-state index in [0.29, 0.717) is 13.1 Å². The van der Waals surface area contributed by atoms with Crippen LogP contribution in [0.3, 0.4) is 0 Å². The predicted octanol–water partition coefficient (Wildman–Crippen LogP) is 5.64. The molecule has 8 heteroatoms. The number of unbranched alkanes of at least 4 members (excludes halogenated alkanes) is 1. The summed E-state index contributed by atoms with van der Waals surface area (Å²) in [4.78, 5) is 5.56. The minimum Gasteiger partial charge on any atom is -0.508 e. The first kappa shape index (κ1) is 26.6. The molecule has 0 amide bonds. The van der Waals surface area contributed by atoms with Crippen LogP contribution >= 0.6 is 0 Å². The number of nitrogens with zero attached hydrogens (tertiary/aromatic N) is 2. The third kappa shape index (κ3) is 6.08. The number of hydrogen-bond acceptors (Lipinski definition) is 3. The standard InChI is InChI=1S/C30H37N7O/c1-4-36(30(33)37(35-29(31)32)16-8-7-9-22-12-14-24(38)15-13-22)28-25-10-5-6-11-26(25)34-27(28)23-18-20(2)17-21(3)19-23/h5-6,10-15,17-19,33-34,38H,4,7-9,16H2,1-3H3,(H4,31,32,35). The van der Waals surface area contributed by atoms with E-state index in [1.165, 1.54) is 11.1 Å². The number of aromatic hydroxyl groups is 1. The third-order valence-electron chi connectivity index (χ3n) is 6.58. The second-order valence-electron chi connectivity index (χ2n) is 9.64. The molecule has 198 valence electrons. The number of H-pyrrole nitrogens is 1. The average Bonchev–Trinajstić information content (AvgIpc) is 3.26. The van der Waals surface area contributed by atoms with E-state index in [1.54, 1.807) is 17.1 Å². The van der Waals surface area contributed by atoms with Gasteiger partial charge in [-0.25, -0.2) is 0 Å². The summed E-state index contributed by atoms with van der Waals surface area (Å²) in [6.45, 7) is 7.28. The number of guanidine groups is 2. The van der Waals surface area contributed by atoms with Crippen LogP contribution in [0.2, 0.25) is 0 Å². The second-order valence-corrected chi connectivity index (χ2v) is 9.64. The Balaban J connectivity index is 1.62. The van der Waals surface area contributed by atoms with E-state index in [1.807, 2.05) is 36.1 Å². The number of nitrogens with two attached hydrogens (primary N) is 1. The van der Waals surface area contributed by atoms with E-state index >= 15 is 0 Å². The number of hydrogen-bond donors (Lipinski definition) is 6. The molecule has 8 nitrogen and oxygen atoms in total. The predicted molar refractivity (Wildman–Crippen MR) is 157 cm³/mol. The highest BCUT2D eigenvalue weighted by molar-refractivity contribution is 6.09. The number of para-hydroxylation sites is 1. The Morgan fingerprint density at radius 2 is 1.66 bits per heavy atom. The molecule has 4 aromatic rings. The van der Waals surface area contributed by atoms with Crippen molar-refractivity contribution in [2.75, 3.05) is 18.0 Å². The smallest absolute Gasteiger partial charge is 0.217 e. The van der Waals surface area contributed by atoms with Gasteiger partial charge in [0, 0.05) is 29.6 Å². The summed E-state index contributed by atoms with van der Waals surface area (Å²) in [7, 11) is 0. The molecular formula is C30H37N7O. The van der Waals surface area contributed by atoms with E-state index in [9.17, 15) is 10.5 Å². The van der Waals surface area contributed by atoms with Gasteiger partial charge in [0.15, 0.2) is 0 Å². The highest BCUT2D eigenvalue weighted by Crippen LogP contribution is 2.38. The summed E-state index contributed by atoms with van der Waals surface area (Å²) in [6.07, 6.45) is 2.54. The molecule has 0 unspecified atom stereocenters. The number of phenols is 1. The lowest BCUT2D eigenvalue weighted by molar-refractivity contribution is 0.353. The molecule has 0 aliphatic heterocycles. The maximum Gasteiger partial charge on any atom is 0.217 e. The summed E-state index contributed by atoms with van der Waals surface area (Å²) in [5, 5.41) is 29.3. The van der Waals surface area contributed by atoms with Crippen LogP contribution in [-0.4, -0.2) is 40.1 Å². The Labute approximate surface area is 224 Å². The van der Waals surface area contributed by atoms with Gasteiger partial charge in [-0.15, -0.1) is 0 Å². The van der Waals surface area contributed by atoms with Crippen LogP contribution in [-0.2, 0) is 6.42 Å². The molecule has 0 aliphatic carbocycles. The van der Waals surface area contributed by atoms with Crippen molar-refractivity contribution >= 4 is 28.5 Å². The molecule has 0 spiro atoms. The van der Waals surface area contributed by atoms with Crippen molar-refractivity contribution in [3.63, 3.8) is 0 Å². The molecule has 0 atom stereocenters. The molecule has 7 N–H and O–H groups in total. The Morgan fingerprint density at radius 3 is 2.32 bits per heavy atom. The van der Waals surface area contributed by atoms with Crippen molar-refractivity contribution in [2.24, 2.45) is 5.73 Å². The Hall–Kier alpha value is -4.46. The quantitative estimate of drug-likeness (QED) is 0.0789. The third-order valence-corrected chi connectivity index (χ3v) is 6.58. The van der Waals surface area contributed by atoms with Crippen LogP contribution in [0.1, 0.15) is 36.5 Å². The summed E-state index contributed by atoms with van der Waals surface area (Å²) in [5.41, 5.74) is 16.1. The highest BCUT2D eigenvalue weighted by Gasteiger charge is 2.25. The molecular weight excluding hydrogens is 474 g/mol. The van der Waals surface area contributed by atoms with Gasteiger partial charge in [-0.2, -0.15) is 0 Å². The summed E-state index contributed by atoms with van der Waals surface area (Å²) >= 11 is 0. The monoisotopic (exact) mass is 511 g/mol. The normalized spacial score (nSPS) is 10.9. The number of nitrogens with one attached hydrogen (secondary N) is 4. The van der Waals surface area contributed by atoms with E-state index < -0.39 is 0 Å². The first-order chi connectivity index (χ1) is 18.3. The van der Waals surface area contributed by atoms with Crippen LogP contribution in [0.4, 0.5) is 5.69 Å². The van der Waals surface area contributed by atoms with E-state index in [2.05, 4.69) is 54.6 Å². The fourth-order valence-electron chi connectivity index (χ4n) is 4.92. The van der Waals surface area contributed by atoms with Crippen molar-refractivity contribution in [3.05, 3.63) is 83.4 Å². The molecule has 0 bridgehead atoms. The van der Waals surface area contributed by atoms with Gasteiger partial charge < -0.3 is 20.7 Å². The zero-order valence-corrected chi connectivity index (χ0v) is 22.3. The maximum absolute atomic E-state index is 9.51. The van der Waals surface area contributed by atoms with Crippen LogP contribution in [0.25, 0.3) is 22.2 Å². The minimum atomic E-state index is -0.210. The molecule has 1 heterocycles. The fourth-order valence-corrected chi connectivity index (χ4v) is 4.92. The summed E-state index contributed by atoms with van der Waals surface area (Å²) < 4.78 is 0. The average molecular weight is 512 g/mol. The number of anilines is 1. The highest BCUT2D eigenvalue weighted by atomic mass is 16.3. The molecule has 1 aromatic heterocycles. The number of aromatic amines is 1. The zero-order valence-electron chi connectivity index (χ0n) is 22.3. The lowest BCUT2D eigenvalue weighted by Gasteiger charge is -2.33. The Kier molecular flexibility index (Phi) is 8.21. The van der Waals surface area contributed by atoms with Crippen molar-refractivity contribution in [1.29, 1.82) is 10.8 Å². The molecule has 3 aromatic carbocycles. The van der Waals surface area contributed by atoms with E-state index in [4.69, 9.17) is 11.1 Å². The van der Waals surface area contributed by atoms with Gasteiger partial charge in [0.2, 0.25) is 11.9 Å². The number of rotatable bonds is 8. The molecule has 0 saturated heterocycles. The first-order valence-corrected chi connectivity index (χ1v) is 13.0. The lowest BCUT2D eigenvalue weighted by Crippen LogP contribution is -2.54. The van der Waals surface area contributed by atoms with Crippen molar-refractivity contribution in [2.45, 2.75) is 40.0 Å². The van der Waals surface area contributed by atoms with Gasteiger partial charge in [-0.1, -0.05) is 47.5 Å². The number of fused-ring (bicyclic) bond motifs is 1. The topological polar surface area (TPSA) is 128 Å². The van der Waals surface area contributed by atoms with Gasteiger partial charge in [-0.05, 0) is 75.9 Å². The number of benzene rings is 3. The SMILES string of the molecule is CCN(C(=N)N(CCCCc1ccc(O)cc1)NC(=N)N)c1c(-c2cc(C)cc(C)c2)[nH]c2ccccc12. The van der Waals surface area contributed by atoms with Crippen molar-refractivity contribution in [3.8, 4) is 17.0 Å². The van der Waals surface area contributed by atoms with Crippen molar-refractivity contribution < 1.29 is 5.11 Å². The number of aryl methyl sites for hydroxylation is 3. The molecule has 0 aliphatic rings. The molecule has 0 radical (unpaired) electrons. The number of hydrazine groups is 1. The van der Waals surface area contributed by atoms with Gasteiger partial charge >= 0.3 is 0 Å². The van der Waals surface area contributed by atoms with Gasteiger partial charge in [0.25, 0.3) is 0 Å². The minimum absolute atomic E-state index is 0.210. The summed E-state index contributed by atoms with van der Waals surface area (Å²) in [6, 6.07) is 21.9. The van der Waals surface area contributed by atoms with Crippen molar-refractivity contribution in [1.82, 2.24) is 15.4 Å². The summed E-state index contributed by atoms with van der Waals surface area (Å²) in [5.74, 6) is 0.275. The number of aromatic nitrogens is 1. The second kappa shape index (κ2) is 11.7. The van der Waals surface area contributed by atoms with E-state index in [-0.39, 0.29) is 17.7 Å². The molecule has 4 rings (SSSR count). The fraction of sp³-hybridized carbons (Fsp3) is 0.267.